The maximum atomic E-state index is 12.9. The molecule has 0 bridgehead atoms. The topological polar surface area (TPSA) is 86.7 Å². The van der Waals surface area contributed by atoms with Gasteiger partial charge in [0.2, 0.25) is 0 Å². The van der Waals surface area contributed by atoms with E-state index in [0.29, 0.717) is 5.02 Å². The number of rotatable bonds is 8. The highest BCUT2D eigenvalue weighted by molar-refractivity contribution is 7.92. The Balaban J connectivity index is 1.88. The first-order valence-corrected chi connectivity index (χ1v) is 12.4. The van der Waals surface area contributed by atoms with E-state index >= 15 is 0 Å². The Morgan fingerprint density at radius 1 is 1.13 bits per heavy atom. The molecule has 0 unspecified atom stereocenters. The molecule has 1 aliphatic carbocycles. The van der Waals surface area contributed by atoms with Crippen molar-refractivity contribution >= 4 is 33.4 Å². The summed E-state index contributed by atoms with van der Waals surface area (Å²) in [4.78, 5) is 24.5. The second kappa shape index (κ2) is 11.1. The number of hydrogen-bond acceptors (Lipinski definition) is 6. The summed E-state index contributed by atoms with van der Waals surface area (Å²) in [6.07, 6.45) is 6.80. The van der Waals surface area contributed by atoms with Gasteiger partial charge in [0.25, 0.3) is 0 Å². The highest BCUT2D eigenvalue weighted by Gasteiger charge is 2.37. The van der Waals surface area contributed by atoms with Crippen molar-refractivity contribution in [2.75, 3.05) is 6.61 Å². The first-order valence-electron chi connectivity index (χ1n) is 10.6. The van der Waals surface area contributed by atoms with Crippen molar-refractivity contribution in [3.8, 4) is 0 Å². The Morgan fingerprint density at radius 2 is 1.74 bits per heavy atom. The van der Waals surface area contributed by atoms with Crippen LogP contribution in [0, 0.1) is 0 Å². The summed E-state index contributed by atoms with van der Waals surface area (Å²) >= 11 is 5.90. The minimum Gasteiger partial charge on any atom is -0.462 e. The highest BCUT2D eigenvalue weighted by Crippen LogP contribution is 2.28. The number of esters is 2. The number of sulfone groups is 1. The molecule has 8 heteroatoms. The van der Waals surface area contributed by atoms with E-state index in [-0.39, 0.29) is 23.0 Å². The van der Waals surface area contributed by atoms with Crippen LogP contribution in [0.15, 0.2) is 41.3 Å². The Labute approximate surface area is 189 Å². The maximum Gasteiger partial charge on any atom is 0.334 e. The fourth-order valence-electron chi connectivity index (χ4n) is 3.38. The smallest absolute Gasteiger partial charge is 0.334 e. The third-order valence-corrected chi connectivity index (χ3v) is 8.06. The molecule has 0 spiro atoms. The predicted molar refractivity (Wildman–Crippen MR) is 120 cm³/mol. The van der Waals surface area contributed by atoms with Crippen LogP contribution in [0.1, 0.15) is 65.2 Å². The zero-order chi connectivity index (χ0) is 23.1. The van der Waals surface area contributed by atoms with Crippen molar-refractivity contribution in [1.29, 1.82) is 0 Å². The van der Waals surface area contributed by atoms with Crippen LogP contribution in [-0.2, 0) is 28.9 Å². The number of hydrogen-bond donors (Lipinski definition) is 0. The minimum absolute atomic E-state index is 0.0441. The fraction of sp³-hybridized carbons (Fsp3) is 0.565. The van der Waals surface area contributed by atoms with Gasteiger partial charge in [0, 0.05) is 10.6 Å². The van der Waals surface area contributed by atoms with Crippen molar-refractivity contribution in [3.05, 3.63) is 41.4 Å². The van der Waals surface area contributed by atoms with Gasteiger partial charge in [-0.2, -0.15) is 0 Å². The van der Waals surface area contributed by atoms with E-state index in [2.05, 4.69) is 6.58 Å². The molecule has 0 amide bonds. The average Bonchev–Trinajstić information content (AvgIpc) is 2.67. The maximum absolute atomic E-state index is 12.9. The van der Waals surface area contributed by atoms with E-state index in [0.717, 1.165) is 38.5 Å². The molecule has 0 heterocycles. The van der Waals surface area contributed by atoms with Gasteiger partial charge < -0.3 is 9.47 Å². The van der Waals surface area contributed by atoms with E-state index in [1.807, 2.05) is 0 Å². The third-order valence-electron chi connectivity index (χ3n) is 5.38. The Morgan fingerprint density at radius 3 is 2.35 bits per heavy atom. The van der Waals surface area contributed by atoms with Crippen LogP contribution in [-0.4, -0.2) is 37.8 Å². The van der Waals surface area contributed by atoms with Crippen molar-refractivity contribution < 1.29 is 27.5 Å². The van der Waals surface area contributed by atoms with Crippen LogP contribution in [0.3, 0.4) is 0 Å². The van der Waals surface area contributed by atoms with Gasteiger partial charge in [-0.15, -0.1) is 0 Å². The van der Waals surface area contributed by atoms with Gasteiger partial charge in [-0.25, -0.2) is 13.2 Å². The second-order valence-electron chi connectivity index (χ2n) is 8.53. The highest BCUT2D eigenvalue weighted by atomic mass is 35.5. The predicted octanol–water partition coefficient (Wildman–Crippen LogP) is 5.04. The lowest BCUT2D eigenvalue weighted by molar-refractivity contribution is -0.151. The van der Waals surface area contributed by atoms with Gasteiger partial charge in [0.15, 0.2) is 9.84 Å². The standard InChI is InChI=1S/C23H31ClO6S/c1-17(14-21(25)30-19-11-7-5-4-6-8-12-19)22(26)29-16-23(2,3)31(27,28)20-13-9-10-18(24)15-20/h9-10,13,15,19H,1,4-8,11-12,14,16H2,2-3H3. The third kappa shape index (κ3) is 7.35. The summed E-state index contributed by atoms with van der Waals surface area (Å²) in [5.74, 6) is -1.33. The molecule has 0 radical (unpaired) electrons. The second-order valence-corrected chi connectivity index (χ2v) is 11.6. The van der Waals surface area contributed by atoms with Crippen molar-refractivity contribution in [2.24, 2.45) is 0 Å². The van der Waals surface area contributed by atoms with Gasteiger partial charge in [0.1, 0.15) is 17.5 Å². The molecule has 31 heavy (non-hydrogen) atoms. The Bertz CT molecular complexity index is 898. The first-order chi connectivity index (χ1) is 14.5. The molecule has 1 aromatic carbocycles. The SMILES string of the molecule is C=C(CC(=O)OC1CCCCCCC1)C(=O)OCC(C)(C)S(=O)(=O)c1cccc(Cl)c1. The Hall–Kier alpha value is -1.86. The van der Waals surface area contributed by atoms with Crippen LogP contribution in [0.25, 0.3) is 0 Å². The molecular formula is C23H31ClO6S. The molecule has 1 aliphatic rings. The number of carbonyl (C=O) groups excluding carboxylic acids is 2. The van der Waals surface area contributed by atoms with E-state index in [1.54, 1.807) is 12.1 Å². The lowest BCUT2D eigenvalue weighted by atomic mass is 9.98. The van der Waals surface area contributed by atoms with Crippen LogP contribution in [0.4, 0.5) is 0 Å². The minimum atomic E-state index is -3.81. The van der Waals surface area contributed by atoms with Crippen molar-refractivity contribution in [1.82, 2.24) is 0 Å². The number of ether oxygens (including phenoxy) is 2. The van der Waals surface area contributed by atoms with Crippen LogP contribution < -0.4 is 0 Å². The normalized spacial score (nSPS) is 16.1. The number of carbonyl (C=O) groups is 2. The largest absolute Gasteiger partial charge is 0.462 e. The molecule has 0 aliphatic heterocycles. The molecule has 2 rings (SSSR count). The fourth-order valence-corrected chi connectivity index (χ4v) is 5.03. The molecule has 0 atom stereocenters. The van der Waals surface area contributed by atoms with Crippen LogP contribution >= 0.6 is 11.6 Å². The lowest BCUT2D eigenvalue weighted by Gasteiger charge is -2.25. The molecule has 0 N–H and O–H groups in total. The van der Waals surface area contributed by atoms with Gasteiger partial charge in [0.05, 0.1) is 11.3 Å². The molecule has 172 valence electrons. The summed E-state index contributed by atoms with van der Waals surface area (Å²) < 4.78 is 35.1. The summed E-state index contributed by atoms with van der Waals surface area (Å²) in [6, 6.07) is 5.91. The number of benzene rings is 1. The van der Waals surface area contributed by atoms with Crippen LogP contribution in [0.2, 0.25) is 5.02 Å². The van der Waals surface area contributed by atoms with E-state index in [4.69, 9.17) is 21.1 Å². The molecule has 1 aromatic rings. The van der Waals surface area contributed by atoms with E-state index in [1.165, 1.54) is 32.4 Å². The number of halogens is 1. The van der Waals surface area contributed by atoms with E-state index < -0.39 is 33.1 Å². The van der Waals surface area contributed by atoms with Gasteiger partial charge >= 0.3 is 11.9 Å². The Kier molecular flexibility index (Phi) is 9.13. The molecule has 0 aromatic heterocycles. The lowest BCUT2D eigenvalue weighted by Crippen LogP contribution is -2.38. The van der Waals surface area contributed by atoms with Gasteiger partial charge in [-0.3, -0.25) is 4.79 Å². The summed E-state index contributed by atoms with van der Waals surface area (Å²) in [7, 11) is -3.81. The average molecular weight is 471 g/mol. The van der Waals surface area contributed by atoms with E-state index in [9.17, 15) is 18.0 Å². The van der Waals surface area contributed by atoms with Crippen LogP contribution in [0.5, 0.6) is 0 Å². The first kappa shape index (κ1) is 25.4. The summed E-state index contributed by atoms with van der Waals surface area (Å²) in [5.41, 5.74) is -0.0632. The summed E-state index contributed by atoms with van der Waals surface area (Å²) in [5, 5.41) is 0.296. The van der Waals surface area contributed by atoms with Crippen molar-refractivity contribution in [2.45, 2.75) is 81.0 Å². The monoisotopic (exact) mass is 470 g/mol. The van der Waals surface area contributed by atoms with Gasteiger partial charge in [-0.1, -0.05) is 43.5 Å². The molecule has 0 saturated heterocycles. The van der Waals surface area contributed by atoms with Gasteiger partial charge in [-0.05, 0) is 57.7 Å². The molecule has 1 saturated carbocycles. The quantitative estimate of drug-likeness (QED) is 0.391. The zero-order valence-electron chi connectivity index (χ0n) is 18.2. The molecule has 6 nitrogen and oxygen atoms in total. The molecular weight excluding hydrogens is 440 g/mol. The zero-order valence-corrected chi connectivity index (χ0v) is 19.8. The van der Waals surface area contributed by atoms with Crippen molar-refractivity contribution in [3.63, 3.8) is 0 Å². The molecule has 1 fully saturated rings. The summed E-state index contributed by atoms with van der Waals surface area (Å²) in [6.45, 7) is 6.14.